The smallest absolute Gasteiger partial charge is 0.137 e. The average molecular weight is 345 g/mol. The zero-order chi connectivity index (χ0) is 17.8. The van der Waals surface area contributed by atoms with Crippen molar-refractivity contribution in [2.24, 2.45) is 0 Å². The highest BCUT2D eigenvalue weighted by atomic mass is 16.5. The summed E-state index contributed by atoms with van der Waals surface area (Å²) in [7, 11) is 1.70. The predicted octanol–water partition coefficient (Wildman–Crippen LogP) is 4.42. The third kappa shape index (κ3) is 3.55. The van der Waals surface area contributed by atoms with Crippen LogP contribution in [-0.4, -0.2) is 34.6 Å². The molecule has 26 heavy (non-hydrogen) atoms. The molecule has 4 nitrogen and oxygen atoms in total. The minimum atomic E-state index is 0.382. The maximum Gasteiger partial charge on any atom is 0.137 e. The first-order valence-corrected chi connectivity index (χ1v) is 8.96. The zero-order valence-electron chi connectivity index (χ0n) is 14.9. The normalized spacial score (nSPS) is 18.0. The van der Waals surface area contributed by atoms with Crippen molar-refractivity contribution >= 4 is 17.1 Å². The Hall–Kier alpha value is -2.85. The summed E-state index contributed by atoms with van der Waals surface area (Å²) in [5, 5.41) is 1.21. The molecule has 3 heterocycles. The van der Waals surface area contributed by atoms with E-state index in [1.807, 2.05) is 24.4 Å². The van der Waals surface area contributed by atoms with Gasteiger partial charge in [0.25, 0.3) is 0 Å². The molecule has 1 unspecified atom stereocenters. The number of nitrogens with one attached hydrogen (secondary N) is 1. The third-order valence-electron chi connectivity index (χ3n) is 4.87. The zero-order valence-corrected chi connectivity index (χ0v) is 14.9. The summed E-state index contributed by atoms with van der Waals surface area (Å²) < 4.78 is 5.31. The van der Waals surface area contributed by atoms with Crippen LogP contribution in [0.25, 0.3) is 17.1 Å². The molecule has 0 aliphatic carbocycles. The van der Waals surface area contributed by atoms with Gasteiger partial charge in [-0.2, -0.15) is 0 Å². The lowest BCUT2D eigenvalue weighted by Crippen LogP contribution is -2.35. The lowest BCUT2D eigenvalue weighted by molar-refractivity contribution is 0.237. The van der Waals surface area contributed by atoms with Crippen molar-refractivity contribution in [2.45, 2.75) is 19.0 Å². The Morgan fingerprint density at radius 2 is 2.23 bits per heavy atom. The summed E-state index contributed by atoms with van der Waals surface area (Å²) in [5.41, 5.74) is 3.41. The van der Waals surface area contributed by atoms with E-state index in [-0.39, 0.29) is 0 Å². The van der Waals surface area contributed by atoms with Gasteiger partial charge in [-0.3, -0.25) is 4.90 Å². The molecule has 0 saturated heterocycles. The molecular weight excluding hydrogens is 322 g/mol. The Kier molecular flexibility index (Phi) is 4.84. The number of rotatable bonds is 5. The van der Waals surface area contributed by atoms with E-state index in [2.05, 4.69) is 63.6 Å². The van der Waals surface area contributed by atoms with Crippen LogP contribution in [0.15, 0.2) is 67.0 Å². The summed E-state index contributed by atoms with van der Waals surface area (Å²) in [6.07, 6.45) is 13.9. The van der Waals surface area contributed by atoms with E-state index in [4.69, 9.17) is 4.74 Å². The van der Waals surface area contributed by atoms with Crippen LogP contribution in [0.4, 0.5) is 0 Å². The number of methoxy groups -OCH3 is 1. The number of fused-ring (bicyclic) bond motifs is 1. The minimum Gasteiger partial charge on any atom is -0.497 e. The van der Waals surface area contributed by atoms with E-state index >= 15 is 0 Å². The van der Waals surface area contributed by atoms with Gasteiger partial charge in [0.1, 0.15) is 11.4 Å². The first kappa shape index (κ1) is 16.6. The van der Waals surface area contributed by atoms with Crippen LogP contribution in [0.5, 0.6) is 5.75 Å². The fourth-order valence-corrected chi connectivity index (χ4v) is 3.44. The highest BCUT2D eigenvalue weighted by molar-refractivity contribution is 5.79. The third-order valence-corrected chi connectivity index (χ3v) is 4.87. The first-order valence-electron chi connectivity index (χ1n) is 8.96. The molecule has 0 fully saturated rings. The molecule has 132 valence electrons. The van der Waals surface area contributed by atoms with Crippen molar-refractivity contribution < 1.29 is 4.74 Å². The van der Waals surface area contributed by atoms with Gasteiger partial charge in [-0.1, -0.05) is 36.4 Å². The van der Waals surface area contributed by atoms with Crippen LogP contribution in [0.3, 0.4) is 0 Å². The number of hydrogen-bond acceptors (Lipinski definition) is 3. The van der Waals surface area contributed by atoms with Gasteiger partial charge >= 0.3 is 0 Å². The van der Waals surface area contributed by atoms with Gasteiger partial charge in [0.2, 0.25) is 0 Å². The fraction of sp³-hybridized carbons (Fsp3) is 0.227. The highest BCUT2D eigenvalue weighted by Gasteiger charge is 2.18. The number of pyridine rings is 1. The van der Waals surface area contributed by atoms with Crippen LogP contribution in [0.2, 0.25) is 0 Å². The Bertz CT molecular complexity index is 941. The van der Waals surface area contributed by atoms with Crippen molar-refractivity contribution in [1.29, 1.82) is 0 Å². The van der Waals surface area contributed by atoms with Gasteiger partial charge in [-0.05, 0) is 41.8 Å². The molecule has 1 aromatic carbocycles. The SMILES string of the molecule is COc1cccc(C=CC2CC=CCN2Cc2c[nH]c3ncccc23)c1. The monoisotopic (exact) mass is 345 g/mol. The topological polar surface area (TPSA) is 41.1 Å². The molecule has 0 radical (unpaired) electrons. The van der Waals surface area contributed by atoms with Crippen molar-refractivity contribution in [2.75, 3.05) is 13.7 Å². The largest absolute Gasteiger partial charge is 0.497 e. The van der Waals surface area contributed by atoms with Gasteiger partial charge in [0.15, 0.2) is 0 Å². The molecule has 1 aliphatic rings. The molecule has 4 rings (SSSR count). The molecule has 1 aliphatic heterocycles. The second kappa shape index (κ2) is 7.58. The molecule has 2 aromatic heterocycles. The number of hydrogen-bond donors (Lipinski definition) is 1. The lowest BCUT2D eigenvalue weighted by Gasteiger charge is -2.30. The maximum atomic E-state index is 5.31. The number of aromatic nitrogens is 2. The van der Waals surface area contributed by atoms with Gasteiger partial charge < -0.3 is 9.72 Å². The van der Waals surface area contributed by atoms with Crippen LogP contribution in [0, 0.1) is 0 Å². The van der Waals surface area contributed by atoms with E-state index in [0.717, 1.165) is 36.5 Å². The predicted molar refractivity (Wildman–Crippen MR) is 106 cm³/mol. The number of ether oxygens (including phenoxy) is 1. The molecule has 1 N–H and O–H groups in total. The van der Waals surface area contributed by atoms with E-state index in [1.54, 1.807) is 7.11 Å². The molecule has 1 atom stereocenters. The molecule has 3 aromatic rings. The van der Waals surface area contributed by atoms with Gasteiger partial charge in [0.05, 0.1) is 7.11 Å². The van der Waals surface area contributed by atoms with Crippen LogP contribution >= 0.6 is 0 Å². The molecule has 4 heteroatoms. The number of benzene rings is 1. The summed E-state index contributed by atoms with van der Waals surface area (Å²) in [6, 6.07) is 12.7. The number of H-pyrrole nitrogens is 1. The summed E-state index contributed by atoms with van der Waals surface area (Å²) in [4.78, 5) is 10.2. The minimum absolute atomic E-state index is 0.382. The van der Waals surface area contributed by atoms with Crippen molar-refractivity contribution in [1.82, 2.24) is 14.9 Å². The van der Waals surface area contributed by atoms with E-state index in [9.17, 15) is 0 Å². The van der Waals surface area contributed by atoms with Gasteiger partial charge in [-0.25, -0.2) is 4.98 Å². The second-order valence-electron chi connectivity index (χ2n) is 6.55. The Morgan fingerprint density at radius 3 is 3.15 bits per heavy atom. The number of aromatic amines is 1. The van der Waals surface area contributed by atoms with E-state index in [0.29, 0.717) is 6.04 Å². The molecule has 0 spiro atoms. The Labute approximate surface area is 153 Å². The van der Waals surface area contributed by atoms with E-state index in [1.165, 1.54) is 10.9 Å². The van der Waals surface area contributed by atoms with Crippen LogP contribution in [0.1, 0.15) is 17.5 Å². The van der Waals surface area contributed by atoms with E-state index < -0.39 is 0 Å². The quantitative estimate of drug-likeness (QED) is 0.696. The summed E-state index contributed by atoms with van der Waals surface area (Å²) in [6.45, 7) is 1.86. The molecule has 0 amide bonds. The van der Waals surface area contributed by atoms with Gasteiger partial charge in [0, 0.05) is 36.9 Å². The van der Waals surface area contributed by atoms with Crippen LogP contribution in [-0.2, 0) is 6.54 Å². The van der Waals surface area contributed by atoms with Crippen molar-refractivity contribution in [3.8, 4) is 5.75 Å². The molecular formula is C22H23N3O. The maximum absolute atomic E-state index is 5.31. The van der Waals surface area contributed by atoms with Gasteiger partial charge in [-0.15, -0.1) is 0 Å². The molecule has 0 saturated carbocycles. The summed E-state index contributed by atoms with van der Waals surface area (Å²) in [5.74, 6) is 0.888. The number of nitrogens with zero attached hydrogens (tertiary/aromatic N) is 2. The summed E-state index contributed by atoms with van der Waals surface area (Å²) >= 11 is 0. The van der Waals surface area contributed by atoms with Crippen LogP contribution < -0.4 is 4.74 Å². The molecule has 0 bridgehead atoms. The van der Waals surface area contributed by atoms with Crippen molar-refractivity contribution in [3.63, 3.8) is 0 Å². The standard InChI is InChI=1S/C22H23N3O/c1-26-20-8-4-6-17(14-20)10-11-19-7-2-3-13-25(19)16-18-15-24-22-21(18)9-5-12-23-22/h2-6,8-12,14-15,19H,7,13,16H2,1H3,(H,23,24). The first-order chi connectivity index (χ1) is 12.8. The Morgan fingerprint density at radius 1 is 1.27 bits per heavy atom. The van der Waals surface area contributed by atoms with Crippen molar-refractivity contribution in [3.05, 3.63) is 78.1 Å². The Balaban J connectivity index is 1.53. The highest BCUT2D eigenvalue weighted by Crippen LogP contribution is 2.22. The second-order valence-corrected chi connectivity index (χ2v) is 6.55. The average Bonchev–Trinajstić information content (AvgIpc) is 3.10. The fourth-order valence-electron chi connectivity index (χ4n) is 3.44. The lowest BCUT2D eigenvalue weighted by atomic mass is 10.0.